The van der Waals surface area contributed by atoms with Crippen LogP contribution >= 0.6 is 15.9 Å². The third-order valence-electron chi connectivity index (χ3n) is 2.75. The molecule has 6 heteroatoms. The zero-order valence-electron chi connectivity index (χ0n) is 10.3. The lowest BCUT2D eigenvalue weighted by atomic mass is 10.1. The molecule has 0 saturated carbocycles. The number of rotatable bonds is 4. The zero-order chi connectivity index (χ0) is 13.9. The lowest BCUT2D eigenvalue weighted by molar-refractivity contribution is -0.137. The molecule has 0 aliphatic rings. The fourth-order valence-corrected chi connectivity index (χ4v) is 1.74. The Balaban J connectivity index is 2.95. The third-order valence-corrected chi connectivity index (χ3v) is 3.44. The van der Waals surface area contributed by atoms with Crippen molar-refractivity contribution in [3.63, 3.8) is 0 Å². The summed E-state index contributed by atoms with van der Waals surface area (Å²) in [5, 5.41) is 3.00. The van der Waals surface area contributed by atoms with Crippen LogP contribution in [0.4, 0.5) is 18.9 Å². The maximum absolute atomic E-state index is 12.6. The maximum Gasteiger partial charge on any atom is 0.416 e. The second-order valence-electron chi connectivity index (χ2n) is 4.07. The summed E-state index contributed by atoms with van der Waals surface area (Å²) in [6, 6.07) is 3.41. The van der Waals surface area contributed by atoms with Crippen molar-refractivity contribution in [3.05, 3.63) is 28.2 Å². The van der Waals surface area contributed by atoms with Crippen LogP contribution in [0.15, 0.2) is 22.7 Å². The molecule has 1 N–H and O–H groups in total. The van der Waals surface area contributed by atoms with E-state index in [1.807, 2.05) is 13.8 Å². The lowest BCUT2D eigenvalue weighted by Gasteiger charge is -2.22. The minimum atomic E-state index is -4.34. The number of methoxy groups -OCH3 is 1. The number of halogens is 4. The summed E-state index contributed by atoms with van der Waals surface area (Å²) in [7, 11) is 1.56. The van der Waals surface area contributed by atoms with E-state index in [1.165, 1.54) is 6.07 Å². The Labute approximate surface area is 113 Å². The molecule has 1 aromatic rings. The Bertz CT molecular complexity index is 409. The van der Waals surface area contributed by atoms with Crippen molar-refractivity contribution in [3.8, 4) is 0 Å². The second kappa shape index (κ2) is 5.93. The van der Waals surface area contributed by atoms with E-state index in [0.717, 1.165) is 12.1 Å². The summed E-state index contributed by atoms with van der Waals surface area (Å²) in [6.45, 7) is 3.69. The van der Waals surface area contributed by atoms with Crippen molar-refractivity contribution in [2.45, 2.75) is 32.2 Å². The van der Waals surface area contributed by atoms with Gasteiger partial charge in [-0.1, -0.05) is 0 Å². The fraction of sp³-hybridized carbons (Fsp3) is 0.500. The molecular formula is C12H15BrF3NO. The molecular weight excluding hydrogens is 311 g/mol. The van der Waals surface area contributed by atoms with E-state index < -0.39 is 11.7 Å². The molecule has 18 heavy (non-hydrogen) atoms. The first kappa shape index (κ1) is 15.3. The first-order valence-electron chi connectivity index (χ1n) is 5.41. The minimum Gasteiger partial charge on any atom is -0.380 e. The smallest absolute Gasteiger partial charge is 0.380 e. The molecule has 1 aromatic carbocycles. The van der Waals surface area contributed by atoms with Crippen LogP contribution in [0.1, 0.15) is 19.4 Å². The Morgan fingerprint density at radius 1 is 1.28 bits per heavy atom. The molecule has 2 nitrogen and oxygen atoms in total. The molecule has 0 heterocycles. The van der Waals surface area contributed by atoms with Crippen LogP contribution in [0, 0.1) is 0 Å². The fourth-order valence-electron chi connectivity index (χ4n) is 1.38. The second-order valence-corrected chi connectivity index (χ2v) is 4.92. The molecule has 0 bridgehead atoms. The molecule has 0 aliphatic heterocycles. The quantitative estimate of drug-likeness (QED) is 0.891. The number of ether oxygens (including phenoxy) is 1. The van der Waals surface area contributed by atoms with Gasteiger partial charge < -0.3 is 10.1 Å². The number of nitrogens with one attached hydrogen (secondary N) is 1. The van der Waals surface area contributed by atoms with Gasteiger partial charge >= 0.3 is 6.18 Å². The van der Waals surface area contributed by atoms with Crippen LogP contribution in [0.25, 0.3) is 0 Å². The highest BCUT2D eigenvalue weighted by Gasteiger charge is 2.31. The number of anilines is 1. The summed E-state index contributed by atoms with van der Waals surface area (Å²) in [6.07, 6.45) is -4.45. The van der Waals surface area contributed by atoms with Crippen LogP contribution in [0.2, 0.25) is 0 Å². The van der Waals surface area contributed by atoms with Crippen LogP contribution < -0.4 is 5.32 Å². The van der Waals surface area contributed by atoms with Crippen LogP contribution in [-0.4, -0.2) is 19.3 Å². The van der Waals surface area contributed by atoms with E-state index in [-0.39, 0.29) is 12.1 Å². The van der Waals surface area contributed by atoms with Gasteiger partial charge in [0.15, 0.2) is 0 Å². The zero-order valence-corrected chi connectivity index (χ0v) is 11.9. The summed E-state index contributed by atoms with van der Waals surface area (Å²) in [5.74, 6) is 0. The van der Waals surface area contributed by atoms with Gasteiger partial charge in [0.25, 0.3) is 0 Å². The molecule has 0 radical (unpaired) electrons. The normalized spacial score (nSPS) is 15.3. The largest absolute Gasteiger partial charge is 0.416 e. The molecule has 0 aromatic heterocycles. The number of alkyl halides is 3. The Morgan fingerprint density at radius 2 is 1.89 bits per heavy atom. The van der Waals surface area contributed by atoms with Gasteiger partial charge in [0.1, 0.15) is 0 Å². The van der Waals surface area contributed by atoms with E-state index in [4.69, 9.17) is 4.74 Å². The van der Waals surface area contributed by atoms with Gasteiger partial charge in [0.05, 0.1) is 11.7 Å². The highest BCUT2D eigenvalue weighted by Crippen LogP contribution is 2.34. The predicted octanol–water partition coefficient (Wildman–Crippen LogP) is 4.30. The maximum atomic E-state index is 12.6. The van der Waals surface area contributed by atoms with E-state index >= 15 is 0 Å². The SMILES string of the molecule is COC(C)C(C)Nc1cc(C(F)(F)F)ccc1Br. The van der Waals surface area contributed by atoms with E-state index in [2.05, 4.69) is 21.2 Å². The van der Waals surface area contributed by atoms with Crippen molar-refractivity contribution in [2.75, 3.05) is 12.4 Å². The molecule has 0 amide bonds. The van der Waals surface area contributed by atoms with Crippen LogP contribution in [-0.2, 0) is 10.9 Å². The summed E-state index contributed by atoms with van der Waals surface area (Å²) >= 11 is 3.23. The molecule has 0 aliphatic carbocycles. The highest BCUT2D eigenvalue weighted by atomic mass is 79.9. The number of hydrogen-bond donors (Lipinski definition) is 1. The molecule has 0 spiro atoms. The topological polar surface area (TPSA) is 21.3 Å². The average molecular weight is 326 g/mol. The van der Waals surface area contributed by atoms with Crippen LogP contribution in [0.3, 0.4) is 0 Å². The standard InChI is InChI=1S/C12H15BrF3NO/c1-7(8(2)18-3)17-11-6-9(12(14,15)16)4-5-10(11)13/h4-8,17H,1-3H3. The molecule has 102 valence electrons. The van der Waals surface area contributed by atoms with Gasteiger partial charge in [-0.15, -0.1) is 0 Å². The summed E-state index contributed by atoms with van der Waals surface area (Å²) < 4.78 is 43.5. The van der Waals surface area contributed by atoms with Crippen molar-refractivity contribution < 1.29 is 17.9 Å². The van der Waals surface area contributed by atoms with Crippen molar-refractivity contribution >= 4 is 21.6 Å². The number of hydrogen-bond acceptors (Lipinski definition) is 2. The van der Waals surface area contributed by atoms with E-state index in [0.29, 0.717) is 10.2 Å². The summed E-state index contributed by atoms with van der Waals surface area (Å²) in [4.78, 5) is 0. The van der Waals surface area contributed by atoms with E-state index in [1.54, 1.807) is 7.11 Å². The van der Waals surface area contributed by atoms with Crippen molar-refractivity contribution in [2.24, 2.45) is 0 Å². The van der Waals surface area contributed by atoms with Gasteiger partial charge in [0.2, 0.25) is 0 Å². The third kappa shape index (κ3) is 3.88. The van der Waals surface area contributed by atoms with E-state index in [9.17, 15) is 13.2 Å². The summed E-state index contributed by atoms with van der Waals surface area (Å²) in [5.41, 5.74) is -0.272. The molecule has 1 rings (SSSR count). The first-order chi connectivity index (χ1) is 8.25. The van der Waals surface area contributed by atoms with Crippen molar-refractivity contribution in [1.29, 1.82) is 0 Å². The Hall–Kier alpha value is -0.750. The molecule has 0 saturated heterocycles. The van der Waals surface area contributed by atoms with Gasteiger partial charge in [0, 0.05) is 23.3 Å². The molecule has 2 unspecified atom stereocenters. The first-order valence-corrected chi connectivity index (χ1v) is 6.21. The minimum absolute atomic E-state index is 0.102. The predicted molar refractivity (Wildman–Crippen MR) is 68.7 cm³/mol. The molecule has 0 fully saturated rings. The highest BCUT2D eigenvalue weighted by molar-refractivity contribution is 9.10. The van der Waals surface area contributed by atoms with Gasteiger partial charge in [-0.05, 0) is 48.0 Å². The van der Waals surface area contributed by atoms with Crippen molar-refractivity contribution in [1.82, 2.24) is 0 Å². The Kier molecular flexibility index (Phi) is 5.04. The Morgan fingerprint density at radius 3 is 2.39 bits per heavy atom. The van der Waals surface area contributed by atoms with Gasteiger partial charge in [-0.3, -0.25) is 0 Å². The van der Waals surface area contributed by atoms with Crippen LogP contribution in [0.5, 0.6) is 0 Å². The average Bonchev–Trinajstić information content (AvgIpc) is 2.29. The number of benzene rings is 1. The van der Waals surface area contributed by atoms with Gasteiger partial charge in [-0.2, -0.15) is 13.2 Å². The molecule has 2 atom stereocenters. The monoisotopic (exact) mass is 325 g/mol. The van der Waals surface area contributed by atoms with Gasteiger partial charge in [-0.25, -0.2) is 0 Å². The lowest BCUT2D eigenvalue weighted by Crippen LogP contribution is -2.29.